The lowest BCUT2D eigenvalue weighted by atomic mass is 10.1. The number of hydrogen-bond acceptors (Lipinski definition) is 3. The first-order valence-corrected chi connectivity index (χ1v) is 9.68. The van der Waals surface area contributed by atoms with Gasteiger partial charge in [-0.2, -0.15) is 13.2 Å². The summed E-state index contributed by atoms with van der Waals surface area (Å²) in [6, 6.07) is 20.3. The second-order valence-electron chi connectivity index (χ2n) is 7.01. The van der Waals surface area contributed by atoms with E-state index in [9.17, 15) is 18.0 Å². The molecule has 0 aliphatic rings. The van der Waals surface area contributed by atoms with E-state index in [2.05, 4.69) is 15.6 Å². The van der Waals surface area contributed by atoms with Crippen molar-refractivity contribution in [2.24, 2.45) is 0 Å². The van der Waals surface area contributed by atoms with E-state index in [1.54, 1.807) is 31.2 Å². The number of urea groups is 1. The van der Waals surface area contributed by atoms with Gasteiger partial charge in [-0.3, -0.25) is 0 Å². The van der Waals surface area contributed by atoms with Gasteiger partial charge in [0.15, 0.2) is 11.7 Å². The molecule has 0 aliphatic heterocycles. The van der Waals surface area contributed by atoms with Gasteiger partial charge in [-0.1, -0.05) is 48.5 Å². The number of nitrogens with zero attached hydrogens (tertiary/aromatic N) is 1. The molecule has 0 fully saturated rings. The van der Waals surface area contributed by atoms with Crippen LogP contribution >= 0.6 is 0 Å². The zero-order valence-electron chi connectivity index (χ0n) is 16.9. The van der Waals surface area contributed by atoms with Crippen LogP contribution in [-0.4, -0.2) is 11.0 Å². The number of benzene rings is 3. The highest BCUT2D eigenvalue weighted by molar-refractivity contribution is 6.00. The summed E-state index contributed by atoms with van der Waals surface area (Å²) in [6.07, 6.45) is -4.48. The van der Waals surface area contributed by atoms with Crippen LogP contribution in [-0.2, 0) is 6.18 Å². The number of alkyl halides is 3. The van der Waals surface area contributed by atoms with Crippen molar-refractivity contribution < 1.29 is 22.4 Å². The maximum atomic E-state index is 12.8. The number of oxazole rings is 1. The number of aromatic nitrogens is 1. The fraction of sp³-hybridized carbons (Fsp3) is 0.0833. The topological polar surface area (TPSA) is 67.2 Å². The average molecular weight is 437 g/mol. The Hall–Kier alpha value is -4.07. The fourth-order valence-electron chi connectivity index (χ4n) is 3.19. The van der Waals surface area contributed by atoms with Crippen molar-refractivity contribution in [3.05, 3.63) is 90.3 Å². The predicted octanol–water partition coefficient (Wildman–Crippen LogP) is 6.98. The third-order valence-corrected chi connectivity index (χ3v) is 4.63. The average Bonchev–Trinajstić information content (AvgIpc) is 3.16. The van der Waals surface area contributed by atoms with E-state index in [1.165, 1.54) is 12.1 Å². The van der Waals surface area contributed by atoms with Gasteiger partial charge in [-0.05, 0) is 30.3 Å². The largest absolute Gasteiger partial charge is 0.440 e. The number of anilines is 2. The van der Waals surface area contributed by atoms with Crippen molar-refractivity contribution in [1.29, 1.82) is 0 Å². The number of aryl methyl sites for hydroxylation is 1. The van der Waals surface area contributed by atoms with E-state index in [4.69, 9.17) is 4.42 Å². The Morgan fingerprint density at radius 3 is 2.22 bits per heavy atom. The summed E-state index contributed by atoms with van der Waals surface area (Å²) in [7, 11) is 0. The second-order valence-corrected chi connectivity index (χ2v) is 7.01. The van der Waals surface area contributed by atoms with E-state index < -0.39 is 17.8 Å². The van der Waals surface area contributed by atoms with Gasteiger partial charge in [-0.15, -0.1) is 0 Å². The van der Waals surface area contributed by atoms with Gasteiger partial charge in [0.2, 0.25) is 0 Å². The molecule has 3 aromatic carbocycles. The van der Waals surface area contributed by atoms with Crippen molar-refractivity contribution in [1.82, 2.24) is 4.98 Å². The molecular formula is C24H18F3N3O2. The Balaban J connectivity index is 1.48. The first kappa shape index (κ1) is 21.2. The number of amides is 2. The molecule has 0 bridgehead atoms. The van der Waals surface area contributed by atoms with Crippen LogP contribution in [0.5, 0.6) is 0 Å². The molecule has 2 amide bonds. The molecule has 8 heteroatoms. The predicted molar refractivity (Wildman–Crippen MR) is 116 cm³/mol. The van der Waals surface area contributed by atoms with E-state index >= 15 is 0 Å². The summed E-state index contributed by atoms with van der Waals surface area (Å²) in [4.78, 5) is 16.7. The van der Waals surface area contributed by atoms with Crippen LogP contribution in [0.3, 0.4) is 0 Å². The molecule has 0 spiro atoms. The lowest BCUT2D eigenvalue weighted by molar-refractivity contribution is -0.137. The molecule has 5 nitrogen and oxygen atoms in total. The molecular weight excluding hydrogens is 419 g/mol. The van der Waals surface area contributed by atoms with Crippen LogP contribution in [0.15, 0.2) is 83.3 Å². The number of nitrogens with one attached hydrogen (secondary N) is 2. The summed E-state index contributed by atoms with van der Waals surface area (Å²) in [5.41, 5.74) is 2.04. The highest BCUT2D eigenvalue weighted by Gasteiger charge is 2.30. The molecule has 0 saturated carbocycles. The van der Waals surface area contributed by atoms with Gasteiger partial charge in [0.25, 0.3) is 0 Å². The maximum Gasteiger partial charge on any atom is 0.416 e. The third-order valence-electron chi connectivity index (χ3n) is 4.63. The van der Waals surface area contributed by atoms with E-state index in [0.29, 0.717) is 23.0 Å². The molecule has 4 aromatic rings. The SMILES string of the molecule is Cc1nc(-c2ccc(NC(=O)Nc3cccc(C(F)(F)F)c3)cc2)c(-c2ccccc2)o1. The molecule has 1 heterocycles. The van der Waals surface area contributed by atoms with Crippen molar-refractivity contribution in [2.75, 3.05) is 10.6 Å². The van der Waals surface area contributed by atoms with Gasteiger partial charge in [0.1, 0.15) is 5.69 Å². The molecule has 0 radical (unpaired) electrons. The normalized spacial score (nSPS) is 11.2. The molecule has 0 unspecified atom stereocenters. The first-order valence-electron chi connectivity index (χ1n) is 9.68. The second kappa shape index (κ2) is 8.58. The Morgan fingerprint density at radius 1 is 0.844 bits per heavy atom. The molecule has 0 atom stereocenters. The lowest BCUT2D eigenvalue weighted by Crippen LogP contribution is -2.19. The van der Waals surface area contributed by atoms with Gasteiger partial charge in [0.05, 0.1) is 5.56 Å². The van der Waals surface area contributed by atoms with Crippen LogP contribution in [0.4, 0.5) is 29.3 Å². The van der Waals surface area contributed by atoms with Crippen LogP contribution in [0, 0.1) is 6.92 Å². The smallest absolute Gasteiger partial charge is 0.416 e. The molecule has 32 heavy (non-hydrogen) atoms. The minimum absolute atomic E-state index is 0.0412. The number of hydrogen-bond donors (Lipinski definition) is 2. The number of rotatable bonds is 4. The monoisotopic (exact) mass is 437 g/mol. The molecule has 0 aliphatic carbocycles. The lowest BCUT2D eigenvalue weighted by Gasteiger charge is -2.11. The highest BCUT2D eigenvalue weighted by Crippen LogP contribution is 2.33. The van der Waals surface area contributed by atoms with E-state index in [1.807, 2.05) is 30.3 Å². The Bertz CT molecular complexity index is 1230. The van der Waals surface area contributed by atoms with Crippen molar-refractivity contribution in [3.63, 3.8) is 0 Å². The Morgan fingerprint density at radius 2 is 1.53 bits per heavy atom. The van der Waals surface area contributed by atoms with Gasteiger partial charge in [0, 0.05) is 29.4 Å². The van der Waals surface area contributed by atoms with E-state index in [-0.39, 0.29) is 5.69 Å². The quantitative estimate of drug-likeness (QED) is 0.362. The number of halogens is 3. The van der Waals surface area contributed by atoms with Crippen molar-refractivity contribution in [3.8, 4) is 22.6 Å². The standard InChI is InChI=1S/C24H18F3N3O2/c1-15-28-21(22(32-15)17-6-3-2-4-7-17)16-10-12-19(13-11-16)29-23(31)30-20-9-5-8-18(14-20)24(25,26)27/h2-14H,1H3,(H2,29,30,31). The van der Waals surface area contributed by atoms with E-state index in [0.717, 1.165) is 23.3 Å². The van der Waals surface area contributed by atoms with Crippen LogP contribution < -0.4 is 10.6 Å². The maximum absolute atomic E-state index is 12.8. The van der Waals surface area contributed by atoms with Gasteiger partial charge >= 0.3 is 12.2 Å². The summed E-state index contributed by atoms with van der Waals surface area (Å²) in [6.45, 7) is 1.77. The molecule has 162 valence electrons. The Kier molecular flexibility index (Phi) is 5.68. The van der Waals surface area contributed by atoms with Crippen molar-refractivity contribution >= 4 is 17.4 Å². The minimum Gasteiger partial charge on any atom is -0.440 e. The zero-order chi connectivity index (χ0) is 22.7. The fourth-order valence-corrected chi connectivity index (χ4v) is 3.19. The van der Waals surface area contributed by atoms with Crippen LogP contribution in [0.1, 0.15) is 11.5 Å². The third kappa shape index (κ3) is 4.80. The summed E-state index contributed by atoms with van der Waals surface area (Å²) in [5.74, 6) is 1.17. The summed E-state index contributed by atoms with van der Waals surface area (Å²) >= 11 is 0. The number of carbonyl (C=O) groups is 1. The first-order chi connectivity index (χ1) is 15.3. The van der Waals surface area contributed by atoms with Crippen molar-refractivity contribution in [2.45, 2.75) is 13.1 Å². The van der Waals surface area contributed by atoms with Crippen LogP contribution in [0.25, 0.3) is 22.6 Å². The number of carbonyl (C=O) groups excluding carboxylic acids is 1. The van der Waals surface area contributed by atoms with Crippen LogP contribution in [0.2, 0.25) is 0 Å². The molecule has 0 saturated heterocycles. The highest BCUT2D eigenvalue weighted by atomic mass is 19.4. The molecule has 4 rings (SSSR count). The summed E-state index contributed by atoms with van der Waals surface area (Å²) in [5, 5.41) is 5.01. The zero-order valence-corrected chi connectivity index (χ0v) is 16.9. The van der Waals surface area contributed by atoms with Gasteiger partial charge in [-0.25, -0.2) is 9.78 Å². The summed E-state index contributed by atoms with van der Waals surface area (Å²) < 4.78 is 44.3. The van der Waals surface area contributed by atoms with Gasteiger partial charge < -0.3 is 15.1 Å². The molecule has 1 aromatic heterocycles. The minimum atomic E-state index is -4.48. The Labute approximate surface area is 181 Å². The molecule has 2 N–H and O–H groups in total.